The van der Waals surface area contributed by atoms with Crippen LogP contribution < -0.4 is 20.7 Å². The van der Waals surface area contributed by atoms with Crippen LogP contribution in [-0.2, 0) is 19.8 Å². The Kier molecular flexibility index (Phi) is 8.60. The van der Waals surface area contributed by atoms with E-state index in [-0.39, 0.29) is 6.61 Å². The van der Waals surface area contributed by atoms with E-state index in [1.165, 1.54) is 17.9 Å². The van der Waals surface area contributed by atoms with Gasteiger partial charge in [0.2, 0.25) is 0 Å². The zero-order chi connectivity index (χ0) is 29.9. The number of hydrogen-bond donors (Lipinski definition) is 2. The highest BCUT2D eigenvalue weighted by Crippen LogP contribution is 2.43. The van der Waals surface area contributed by atoms with Crippen LogP contribution in [0.25, 0.3) is 0 Å². The third-order valence-electron chi connectivity index (χ3n) is 7.64. The van der Waals surface area contributed by atoms with Crippen LogP contribution in [0.1, 0.15) is 28.5 Å². The van der Waals surface area contributed by atoms with Crippen molar-refractivity contribution in [3.05, 3.63) is 128 Å². The van der Waals surface area contributed by atoms with Crippen LogP contribution in [-0.4, -0.2) is 60.9 Å². The molecule has 42 heavy (non-hydrogen) atoms. The number of ether oxygens (including phenoxy) is 5. The molecule has 0 amide bonds. The Bertz CT molecular complexity index is 1550. The number of H-pyrrole nitrogens is 1. The molecule has 0 bridgehead atoms. The van der Waals surface area contributed by atoms with E-state index in [2.05, 4.69) is 4.98 Å². The van der Waals surface area contributed by atoms with Crippen molar-refractivity contribution in [3.8, 4) is 11.5 Å². The van der Waals surface area contributed by atoms with Gasteiger partial charge < -0.3 is 28.8 Å². The maximum absolute atomic E-state index is 12.6. The lowest BCUT2D eigenvalue weighted by atomic mass is 9.80. The van der Waals surface area contributed by atoms with E-state index >= 15 is 0 Å². The number of benzene rings is 3. The predicted molar refractivity (Wildman–Crippen MR) is 155 cm³/mol. The molecule has 10 heteroatoms. The fourth-order valence-electron chi connectivity index (χ4n) is 5.43. The second-order valence-corrected chi connectivity index (χ2v) is 10.0. The van der Waals surface area contributed by atoms with Crippen molar-refractivity contribution in [2.75, 3.05) is 27.9 Å². The summed E-state index contributed by atoms with van der Waals surface area (Å²) in [6.07, 6.45) is -2.53. The van der Waals surface area contributed by atoms with Gasteiger partial charge in [0.05, 0.1) is 20.8 Å². The first-order valence-electron chi connectivity index (χ1n) is 13.5. The van der Waals surface area contributed by atoms with Crippen LogP contribution in [0.15, 0.2) is 94.6 Å². The van der Waals surface area contributed by atoms with Crippen LogP contribution in [0.3, 0.4) is 0 Å². The van der Waals surface area contributed by atoms with Gasteiger partial charge in [-0.3, -0.25) is 14.3 Å². The van der Waals surface area contributed by atoms with Gasteiger partial charge in [-0.2, -0.15) is 0 Å². The highest BCUT2D eigenvalue weighted by Gasteiger charge is 2.47. The highest BCUT2D eigenvalue weighted by molar-refractivity contribution is 5.49. The molecule has 1 aliphatic rings. The van der Waals surface area contributed by atoms with Gasteiger partial charge in [-0.1, -0.05) is 54.6 Å². The van der Waals surface area contributed by atoms with Crippen molar-refractivity contribution in [2.24, 2.45) is 0 Å². The largest absolute Gasteiger partial charge is 0.497 e. The SMILES string of the molecule is COc1ccc(C(OC[C@H]2O[C@@H](n3cc(C)c(=O)[nH]c3=O)[C@H](O)[C@@H]2OC)(c2ccccc2)c2ccc(OC)cc2)cc1. The maximum Gasteiger partial charge on any atom is 0.330 e. The van der Waals surface area contributed by atoms with Crippen LogP contribution in [0.5, 0.6) is 11.5 Å². The number of methoxy groups -OCH3 is 3. The Morgan fingerprint density at radius 2 is 1.40 bits per heavy atom. The van der Waals surface area contributed by atoms with E-state index < -0.39 is 41.4 Å². The molecule has 2 N–H and O–H groups in total. The van der Waals surface area contributed by atoms with Crippen molar-refractivity contribution in [1.29, 1.82) is 0 Å². The Labute approximate surface area is 243 Å². The van der Waals surface area contributed by atoms with Crippen molar-refractivity contribution >= 4 is 0 Å². The molecule has 1 aliphatic heterocycles. The minimum absolute atomic E-state index is 0.0178. The minimum Gasteiger partial charge on any atom is -0.497 e. The van der Waals surface area contributed by atoms with Gasteiger partial charge in [-0.15, -0.1) is 0 Å². The van der Waals surface area contributed by atoms with E-state index in [1.807, 2.05) is 78.9 Å². The zero-order valence-electron chi connectivity index (χ0n) is 23.9. The summed E-state index contributed by atoms with van der Waals surface area (Å²) in [7, 11) is 4.68. The molecule has 2 heterocycles. The lowest BCUT2D eigenvalue weighted by Crippen LogP contribution is -2.41. The molecule has 220 valence electrons. The van der Waals surface area contributed by atoms with Gasteiger partial charge in [-0.05, 0) is 47.9 Å². The van der Waals surface area contributed by atoms with Gasteiger partial charge in [0.1, 0.15) is 35.4 Å². The summed E-state index contributed by atoms with van der Waals surface area (Å²) in [4.78, 5) is 26.8. The van der Waals surface area contributed by atoms with Gasteiger partial charge in [0.15, 0.2) is 6.23 Å². The van der Waals surface area contributed by atoms with E-state index in [0.717, 1.165) is 16.7 Å². The molecule has 1 saturated heterocycles. The average molecular weight is 575 g/mol. The standard InChI is InChI=1S/C32H34N2O8/c1-20-18-34(31(37)33-29(20)36)30-27(35)28(40-4)26(42-30)19-41-32(21-8-6-5-7-9-21,22-10-14-24(38-2)15-11-22)23-12-16-25(39-3)17-13-23/h5-18,26-28,30,35H,19H2,1-4H3,(H,33,36,37)/t26-,27-,28-,30-/m1/s1. The van der Waals surface area contributed by atoms with E-state index in [1.54, 1.807) is 21.1 Å². The van der Waals surface area contributed by atoms with Crippen LogP contribution in [0, 0.1) is 6.92 Å². The molecule has 4 atom stereocenters. The Morgan fingerprint density at radius 3 is 1.93 bits per heavy atom. The molecular weight excluding hydrogens is 540 g/mol. The molecular formula is C32H34N2O8. The third kappa shape index (κ3) is 5.37. The van der Waals surface area contributed by atoms with Crippen LogP contribution >= 0.6 is 0 Å². The summed E-state index contributed by atoms with van der Waals surface area (Å²) in [6.45, 7) is 1.55. The van der Waals surface area contributed by atoms with Crippen LogP contribution in [0.4, 0.5) is 0 Å². The molecule has 1 aromatic heterocycles. The molecule has 5 rings (SSSR count). The predicted octanol–water partition coefficient (Wildman–Crippen LogP) is 3.14. The summed E-state index contributed by atoms with van der Waals surface area (Å²) in [6, 6.07) is 25.0. The van der Waals surface area contributed by atoms with E-state index in [0.29, 0.717) is 17.1 Å². The number of aromatic nitrogens is 2. The molecule has 0 saturated carbocycles. The zero-order valence-corrected chi connectivity index (χ0v) is 23.9. The number of nitrogens with zero attached hydrogens (tertiary/aromatic N) is 1. The molecule has 0 radical (unpaired) electrons. The van der Waals surface area contributed by atoms with E-state index in [4.69, 9.17) is 23.7 Å². The topological polar surface area (TPSA) is 121 Å². The Balaban J connectivity index is 1.58. The number of aryl methyl sites for hydroxylation is 1. The highest BCUT2D eigenvalue weighted by atomic mass is 16.6. The molecule has 0 aliphatic carbocycles. The number of hydrogen-bond acceptors (Lipinski definition) is 8. The molecule has 4 aromatic rings. The maximum atomic E-state index is 12.6. The first-order chi connectivity index (χ1) is 20.3. The van der Waals surface area contributed by atoms with Crippen molar-refractivity contribution in [2.45, 2.75) is 37.1 Å². The monoisotopic (exact) mass is 574 g/mol. The normalized spacial score (nSPS) is 20.4. The van der Waals surface area contributed by atoms with E-state index in [9.17, 15) is 14.7 Å². The second-order valence-electron chi connectivity index (χ2n) is 10.0. The number of nitrogens with one attached hydrogen (secondary N) is 1. The number of aliphatic hydroxyl groups excluding tert-OH is 1. The fourth-order valence-corrected chi connectivity index (χ4v) is 5.43. The first kappa shape index (κ1) is 29.3. The quantitative estimate of drug-likeness (QED) is 0.277. The molecule has 0 unspecified atom stereocenters. The van der Waals surface area contributed by atoms with Gasteiger partial charge in [0, 0.05) is 18.9 Å². The van der Waals surface area contributed by atoms with Crippen molar-refractivity contribution in [3.63, 3.8) is 0 Å². The van der Waals surface area contributed by atoms with Gasteiger partial charge in [0.25, 0.3) is 5.56 Å². The summed E-state index contributed by atoms with van der Waals surface area (Å²) < 4.78 is 30.8. The third-order valence-corrected chi connectivity index (χ3v) is 7.64. The van der Waals surface area contributed by atoms with Crippen molar-refractivity contribution < 1.29 is 28.8 Å². The Morgan fingerprint density at radius 1 is 0.857 bits per heavy atom. The lowest BCUT2D eigenvalue weighted by Gasteiger charge is -2.37. The molecule has 1 fully saturated rings. The summed E-state index contributed by atoms with van der Waals surface area (Å²) in [5.74, 6) is 1.39. The average Bonchev–Trinajstić information content (AvgIpc) is 3.34. The lowest BCUT2D eigenvalue weighted by molar-refractivity contribution is -0.0995. The summed E-state index contributed by atoms with van der Waals surface area (Å²) >= 11 is 0. The second kappa shape index (κ2) is 12.3. The number of aromatic amines is 1. The van der Waals surface area contributed by atoms with Gasteiger partial charge in [-0.25, -0.2) is 4.79 Å². The van der Waals surface area contributed by atoms with Gasteiger partial charge >= 0.3 is 5.69 Å². The molecule has 0 spiro atoms. The minimum atomic E-state index is -1.21. The molecule has 10 nitrogen and oxygen atoms in total. The summed E-state index contributed by atoms with van der Waals surface area (Å²) in [5.41, 5.74) is 0.515. The fraction of sp³-hybridized carbons (Fsp3) is 0.312. The van der Waals surface area contributed by atoms with Crippen molar-refractivity contribution in [1.82, 2.24) is 9.55 Å². The molecule has 3 aromatic carbocycles. The summed E-state index contributed by atoms with van der Waals surface area (Å²) in [5, 5.41) is 11.2. The smallest absolute Gasteiger partial charge is 0.330 e. The Hall–Kier alpha value is -4.22. The number of aliphatic hydroxyl groups is 1. The number of rotatable bonds is 10. The van der Waals surface area contributed by atoms with Crippen LogP contribution in [0.2, 0.25) is 0 Å². The first-order valence-corrected chi connectivity index (χ1v) is 13.5.